The van der Waals surface area contributed by atoms with Crippen molar-refractivity contribution < 1.29 is 55.8 Å². The maximum absolute atomic E-state index is 8.16. The van der Waals surface area contributed by atoms with E-state index < -0.39 is 9.04 Å². The van der Waals surface area contributed by atoms with Gasteiger partial charge in [-0.1, -0.05) is 66.2 Å². The molecule has 26 heavy (non-hydrogen) atoms. The molecule has 2 radical (unpaired) electrons. The van der Waals surface area contributed by atoms with Gasteiger partial charge in [-0.05, 0) is 23.9 Å². The molecule has 0 amide bonds. The van der Waals surface area contributed by atoms with Gasteiger partial charge in [-0.15, -0.1) is 34.5 Å². The summed E-state index contributed by atoms with van der Waals surface area (Å²) in [7, 11) is -0.880. The summed E-state index contributed by atoms with van der Waals surface area (Å²) in [5.74, 6) is 0. The third-order valence-electron chi connectivity index (χ3n) is 3.72. The van der Waals surface area contributed by atoms with Gasteiger partial charge in [0.2, 0.25) is 0 Å². The smallest absolute Gasteiger partial charge is 1.00 e. The van der Waals surface area contributed by atoms with Crippen molar-refractivity contribution in [1.82, 2.24) is 0 Å². The van der Waals surface area contributed by atoms with Crippen LogP contribution in [0.15, 0.2) is 78.9 Å². The molecule has 0 saturated carbocycles. The van der Waals surface area contributed by atoms with Gasteiger partial charge >= 0.3 is 26.2 Å². The molecular weight excluding hydrogens is 458 g/mol. The first-order valence-electron chi connectivity index (χ1n) is 7.78. The molecule has 4 aromatic carbocycles. The topological polar surface area (TPSA) is 20.2 Å². The standard InChI is InChI=1S/C19H13.C2H7OSi.2ClH.Zr/c1-2-8-16-13-17(12-15(16)7-1)19-11-5-9-14-6-3-4-10-18(14)19;1-4(2)3;;;/h1-13H;3H,1-2H3;2*1H;/q-1;;;;+3/p-2. The second kappa shape index (κ2) is 11.8. The van der Waals surface area contributed by atoms with Crippen molar-refractivity contribution in [3.05, 3.63) is 78.9 Å². The second-order valence-corrected chi connectivity index (χ2v) is 7.74. The second-order valence-electron chi connectivity index (χ2n) is 5.85. The molecule has 0 fully saturated rings. The maximum Gasteiger partial charge on any atom is 3.00 e. The van der Waals surface area contributed by atoms with E-state index in [2.05, 4.69) is 78.9 Å². The minimum Gasteiger partial charge on any atom is -1.00 e. The van der Waals surface area contributed by atoms with Gasteiger partial charge in [0, 0.05) is 0 Å². The summed E-state index contributed by atoms with van der Waals surface area (Å²) in [5.41, 5.74) is 2.62. The average Bonchev–Trinajstić information content (AvgIpc) is 2.97. The Kier molecular flexibility index (Phi) is 11.4. The molecule has 0 atom stereocenters. The molecule has 0 saturated heterocycles. The third kappa shape index (κ3) is 6.11. The molecule has 0 aromatic heterocycles. The number of benzene rings is 3. The molecule has 0 aliphatic rings. The zero-order valence-corrected chi connectivity index (χ0v) is 19.7. The van der Waals surface area contributed by atoms with E-state index in [4.69, 9.17) is 4.80 Å². The van der Waals surface area contributed by atoms with E-state index >= 15 is 0 Å². The zero-order chi connectivity index (χ0) is 16.2. The van der Waals surface area contributed by atoms with Crippen LogP contribution in [-0.4, -0.2) is 13.8 Å². The molecule has 4 aromatic rings. The van der Waals surface area contributed by atoms with Crippen LogP contribution in [-0.2, 0) is 26.2 Å². The number of hydrogen-bond donors (Lipinski definition) is 1. The Morgan fingerprint density at radius 3 is 1.96 bits per heavy atom. The number of rotatable bonds is 1. The molecule has 1 nitrogen and oxygen atoms in total. The Bertz CT molecular complexity index is 896. The van der Waals surface area contributed by atoms with E-state index in [1.165, 1.54) is 32.7 Å². The Balaban J connectivity index is 0.000000820. The van der Waals surface area contributed by atoms with Crippen LogP contribution < -0.4 is 24.8 Å². The van der Waals surface area contributed by atoms with E-state index in [-0.39, 0.29) is 51.0 Å². The zero-order valence-electron chi connectivity index (χ0n) is 14.7. The van der Waals surface area contributed by atoms with Crippen LogP contribution in [0.4, 0.5) is 0 Å². The summed E-state index contributed by atoms with van der Waals surface area (Å²) < 4.78 is 0. The molecule has 0 aliphatic heterocycles. The van der Waals surface area contributed by atoms with Crippen molar-refractivity contribution in [2.45, 2.75) is 13.1 Å². The van der Waals surface area contributed by atoms with Gasteiger partial charge in [0.15, 0.2) is 9.04 Å². The van der Waals surface area contributed by atoms with Crippen LogP contribution in [0.25, 0.3) is 32.7 Å². The van der Waals surface area contributed by atoms with Crippen molar-refractivity contribution in [3.8, 4) is 11.1 Å². The molecule has 5 heteroatoms. The minimum absolute atomic E-state index is 0. The van der Waals surface area contributed by atoms with Gasteiger partial charge in [-0.25, -0.2) is 0 Å². The van der Waals surface area contributed by atoms with Crippen LogP contribution in [0.2, 0.25) is 13.1 Å². The first-order valence-corrected chi connectivity index (χ1v) is 10.2. The summed E-state index contributed by atoms with van der Waals surface area (Å²) in [6.07, 6.45) is 0. The monoisotopic (exact) mass is 476 g/mol. The Morgan fingerprint density at radius 2 is 1.31 bits per heavy atom. The largest absolute Gasteiger partial charge is 3.00 e. The molecule has 1 N–H and O–H groups in total. The number of hydrogen-bond acceptors (Lipinski definition) is 1. The van der Waals surface area contributed by atoms with Gasteiger partial charge in [-0.3, -0.25) is 0 Å². The molecular formula is C21H20Cl2OSiZr. The Labute approximate surface area is 188 Å². The van der Waals surface area contributed by atoms with E-state index in [1.54, 1.807) is 0 Å². The first-order chi connectivity index (χ1) is 11.1. The van der Waals surface area contributed by atoms with Crippen molar-refractivity contribution in [3.63, 3.8) is 0 Å². The third-order valence-corrected chi connectivity index (χ3v) is 3.72. The summed E-state index contributed by atoms with van der Waals surface area (Å²) in [6, 6.07) is 28.1. The fourth-order valence-corrected chi connectivity index (χ4v) is 2.78. The molecule has 0 unspecified atom stereocenters. The van der Waals surface area contributed by atoms with E-state index in [0.29, 0.717) is 0 Å². The van der Waals surface area contributed by atoms with Crippen molar-refractivity contribution in [2.75, 3.05) is 0 Å². The predicted molar refractivity (Wildman–Crippen MR) is 102 cm³/mol. The normalized spacial score (nSPS) is 9.54. The number of halogens is 2. The fraction of sp³-hybridized carbons (Fsp3) is 0.0952. The van der Waals surface area contributed by atoms with Gasteiger partial charge in [0.1, 0.15) is 0 Å². The molecule has 0 spiro atoms. The first kappa shape index (κ1) is 25.2. The molecule has 0 bridgehead atoms. The maximum atomic E-state index is 8.16. The van der Waals surface area contributed by atoms with Crippen LogP contribution >= 0.6 is 0 Å². The fourth-order valence-electron chi connectivity index (χ4n) is 2.78. The number of fused-ring (bicyclic) bond motifs is 2. The van der Waals surface area contributed by atoms with Gasteiger partial charge < -0.3 is 29.6 Å². The molecule has 132 valence electrons. The van der Waals surface area contributed by atoms with E-state index in [1.807, 2.05) is 13.1 Å². The summed E-state index contributed by atoms with van der Waals surface area (Å²) in [6.45, 7) is 3.65. The SMILES string of the molecule is C[Si](C)O.[Cl-].[Cl-].[Zr+3].c1ccc2[cH-]c(-c3cccc4ccccc34)cc2c1. The van der Waals surface area contributed by atoms with Crippen LogP contribution in [0.3, 0.4) is 0 Å². The molecule has 4 rings (SSSR count). The summed E-state index contributed by atoms with van der Waals surface area (Å²) >= 11 is 0. The van der Waals surface area contributed by atoms with E-state index in [9.17, 15) is 0 Å². The van der Waals surface area contributed by atoms with E-state index in [0.717, 1.165) is 0 Å². The van der Waals surface area contributed by atoms with Crippen molar-refractivity contribution >= 4 is 30.6 Å². The van der Waals surface area contributed by atoms with Crippen LogP contribution in [0, 0.1) is 0 Å². The average molecular weight is 479 g/mol. The van der Waals surface area contributed by atoms with Crippen LogP contribution in [0.5, 0.6) is 0 Å². The minimum atomic E-state index is -0.880. The Hall–Kier alpha value is -0.830. The van der Waals surface area contributed by atoms with Gasteiger partial charge in [0.25, 0.3) is 0 Å². The van der Waals surface area contributed by atoms with Gasteiger partial charge in [0.05, 0.1) is 0 Å². The van der Waals surface area contributed by atoms with Crippen molar-refractivity contribution in [1.29, 1.82) is 0 Å². The molecule has 0 heterocycles. The summed E-state index contributed by atoms with van der Waals surface area (Å²) in [4.78, 5) is 8.16. The van der Waals surface area contributed by atoms with Gasteiger partial charge in [-0.2, -0.15) is 0 Å². The predicted octanol–water partition coefficient (Wildman–Crippen LogP) is -0.386. The van der Waals surface area contributed by atoms with Crippen molar-refractivity contribution in [2.24, 2.45) is 0 Å². The quantitative estimate of drug-likeness (QED) is 0.292. The Morgan fingerprint density at radius 1 is 0.769 bits per heavy atom. The molecule has 0 aliphatic carbocycles. The summed E-state index contributed by atoms with van der Waals surface area (Å²) in [5, 5.41) is 5.24. The van der Waals surface area contributed by atoms with Crippen LogP contribution in [0.1, 0.15) is 0 Å².